The molecule has 1 atom stereocenters. The maximum Gasteiger partial charge on any atom is 0.0438 e. The van der Waals surface area contributed by atoms with Crippen molar-refractivity contribution in [2.75, 3.05) is 6.54 Å². The summed E-state index contributed by atoms with van der Waals surface area (Å²) in [6.07, 6.45) is 1.17. The molecular formula is C17H21Br2NS. The van der Waals surface area contributed by atoms with Crippen LogP contribution in [-0.4, -0.2) is 6.54 Å². The van der Waals surface area contributed by atoms with Crippen LogP contribution in [0.4, 0.5) is 0 Å². The van der Waals surface area contributed by atoms with Gasteiger partial charge in [-0.15, -0.1) is 11.3 Å². The SMILES string of the molecule is CCCNC(c1ccc(-c2cc(Br)ccc2Br)s1)C(C)C. The molecule has 0 saturated heterocycles. The Morgan fingerprint density at radius 1 is 1.14 bits per heavy atom. The minimum absolute atomic E-state index is 0.439. The third-order valence-electron chi connectivity index (χ3n) is 3.41. The van der Waals surface area contributed by atoms with Crippen molar-refractivity contribution < 1.29 is 0 Å². The van der Waals surface area contributed by atoms with E-state index in [1.54, 1.807) is 0 Å². The molecular weight excluding hydrogens is 410 g/mol. The van der Waals surface area contributed by atoms with Crippen molar-refractivity contribution in [2.45, 2.75) is 33.2 Å². The van der Waals surface area contributed by atoms with Crippen LogP contribution in [0.2, 0.25) is 0 Å². The summed E-state index contributed by atoms with van der Waals surface area (Å²) >= 11 is 9.10. The van der Waals surface area contributed by atoms with E-state index >= 15 is 0 Å². The summed E-state index contributed by atoms with van der Waals surface area (Å²) < 4.78 is 2.25. The first kappa shape index (κ1) is 17.2. The minimum Gasteiger partial charge on any atom is -0.309 e. The van der Waals surface area contributed by atoms with Crippen molar-refractivity contribution in [1.82, 2.24) is 5.32 Å². The standard InChI is InChI=1S/C17H21Br2NS/c1-4-9-20-17(11(2)3)16-8-7-15(21-16)13-10-12(18)5-6-14(13)19/h5-8,10-11,17,20H,4,9H2,1-3H3. The van der Waals surface area contributed by atoms with Crippen LogP contribution >= 0.6 is 43.2 Å². The molecule has 1 unspecified atom stereocenters. The molecule has 1 aromatic heterocycles. The molecule has 114 valence electrons. The molecule has 0 fully saturated rings. The molecule has 0 aliphatic heterocycles. The fourth-order valence-corrected chi connectivity index (χ4v) is 4.56. The molecule has 1 heterocycles. The second-order valence-electron chi connectivity index (χ2n) is 5.50. The van der Waals surface area contributed by atoms with Crippen molar-refractivity contribution in [3.8, 4) is 10.4 Å². The van der Waals surface area contributed by atoms with Gasteiger partial charge in [0.15, 0.2) is 0 Å². The summed E-state index contributed by atoms with van der Waals surface area (Å²) in [6.45, 7) is 7.84. The van der Waals surface area contributed by atoms with Crippen molar-refractivity contribution in [3.05, 3.63) is 44.2 Å². The van der Waals surface area contributed by atoms with Crippen molar-refractivity contribution in [2.24, 2.45) is 5.92 Å². The number of thiophene rings is 1. The number of hydrogen-bond donors (Lipinski definition) is 1. The minimum atomic E-state index is 0.439. The second kappa shape index (κ2) is 7.91. The Hall–Kier alpha value is -0.160. The number of nitrogens with one attached hydrogen (secondary N) is 1. The Morgan fingerprint density at radius 3 is 2.57 bits per heavy atom. The molecule has 0 spiro atoms. The maximum absolute atomic E-state index is 3.67. The van der Waals surface area contributed by atoms with E-state index in [9.17, 15) is 0 Å². The van der Waals surface area contributed by atoms with E-state index in [2.05, 4.69) is 88.3 Å². The fourth-order valence-electron chi connectivity index (χ4n) is 2.32. The van der Waals surface area contributed by atoms with Gasteiger partial charge in [0.2, 0.25) is 0 Å². The average molecular weight is 431 g/mol. The van der Waals surface area contributed by atoms with Gasteiger partial charge in [-0.2, -0.15) is 0 Å². The summed E-state index contributed by atoms with van der Waals surface area (Å²) in [5, 5.41) is 3.67. The van der Waals surface area contributed by atoms with Gasteiger partial charge in [-0.05, 0) is 49.2 Å². The molecule has 0 aliphatic carbocycles. The Morgan fingerprint density at radius 2 is 1.90 bits per heavy atom. The maximum atomic E-state index is 3.67. The zero-order chi connectivity index (χ0) is 15.4. The number of hydrogen-bond acceptors (Lipinski definition) is 2. The monoisotopic (exact) mass is 429 g/mol. The van der Waals surface area contributed by atoms with Gasteiger partial charge in [0.05, 0.1) is 0 Å². The lowest BCUT2D eigenvalue weighted by molar-refractivity contribution is 0.418. The van der Waals surface area contributed by atoms with Crippen LogP contribution in [-0.2, 0) is 0 Å². The summed E-state index contributed by atoms with van der Waals surface area (Å²) in [6, 6.07) is 11.3. The molecule has 0 aliphatic rings. The van der Waals surface area contributed by atoms with Crippen LogP contribution in [0, 0.1) is 5.92 Å². The number of benzene rings is 1. The topological polar surface area (TPSA) is 12.0 Å². The quantitative estimate of drug-likeness (QED) is 0.541. The summed E-state index contributed by atoms with van der Waals surface area (Å²) in [7, 11) is 0. The third kappa shape index (κ3) is 4.41. The molecule has 1 aromatic carbocycles. The van der Waals surface area contributed by atoms with Gasteiger partial charge in [-0.3, -0.25) is 0 Å². The molecule has 21 heavy (non-hydrogen) atoms. The number of halogens is 2. The molecule has 0 bridgehead atoms. The predicted molar refractivity (Wildman–Crippen MR) is 101 cm³/mol. The van der Waals surface area contributed by atoms with Gasteiger partial charge >= 0.3 is 0 Å². The normalized spacial score (nSPS) is 12.9. The van der Waals surface area contributed by atoms with E-state index in [1.165, 1.54) is 21.7 Å². The average Bonchev–Trinajstić information content (AvgIpc) is 2.91. The Labute approximate surface area is 148 Å². The highest BCUT2D eigenvalue weighted by molar-refractivity contribution is 9.11. The molecule has 0 amide bonds. The zero-order valence-electron chi connectivity index (χ0n) is 12.6. The van der Waals surface area contributed by atoms with Crippen molar-refractivity contribution in [1.29, 1.82) is 0 Å². The van der Waals surface area contributed by atoms with Gasteiger partial charge < -0.3 is 5.32 Å². The van der Waals surface area contributed by atoms with Gasteiger partial charge in [-0.25, -0.2) is 0 Å². The third-order valence-corrected chi connectivity index (χ3v) is 5.79. The predicted octanol–water partition coefficient (Wildman–Crippen LogP) is 6.64. The molecule has 1 N–H and O–H groups in total. The van der Waals surface area contributed by atoms with Gasteiger partial charge in [0.25, 0.3) is 0 Å². The lowest BCUT2D eigenvalue weighted by Gasteiger charge is -2.21. The van der Waals surface area contributed by atoms with E-state index < -0.39 is 0 Å². The molecule has 0 saturated carbocycles. The lowest BCUT2D eigenvalue weighted by Crippen LogP contribution is -2.25. The fraction of sp³-hybridized carbons (Fsp3) is 0.412. The van der Waals surface area contributed by atoms with Gasteiger partial charge in [0, 0.05) is 30.3 Å². The molecule has 0 radical (unpaired) electrons. The zero-order valence-corrected chi connectivity index (χ0v) is 16.6. The largest absolute Gasteiger partial charge is 0.309 e. The van der Waals surface area contributed by atoms with Gasteiger partial charge in [-0.1, -0.05) is 52.6 Å². The summed E-state index contributed by atoms with van der Waals surface area (Å²) in [5.74, 6) is 0.592. The van der Waals surface area contributed by atoms with Crippen molar-refractivity contribution >= 4 is 43.2 Å². The van der Waals surface area contributed by atoms with E-state index in [-0.39, 0.29) is 0 Å². The van der Waals surface area contributed by atoms with E-state index in [4.69, 9.17) is 0 Å². The molecule has 1 nitrogen and oxygen atoms in total. The summed E-state index contributed by atoms with van der Waals surface area (Å²) in [4.78, 5) is 2.72. The van der Waals surface area contributed by atoms with Crippen LogP contribution < -0.4 is 5.32 Å². The highest BCUT2D eigenvalue weighted by Gasteiger charge is 2.18. The highest BCUT2D eigenvalue weighted by atomic mass is 79.9. The van der Waals surface area contributed by atoms with Crippen LogP contribution in [0.1, 0.15) is 38.1 Å². The van der Waals surface area contributed by atoms with Crippen LogP contribution in [0.15, 0.2) is 39.3 Å². The first-order valence-corrected chi connectivity index (χ1v) is 9.71. The first-order valence-electron chi connectivity index (χ1n) is 7.31. The second-order valence-corrected chi connectivity index (χ2v) is 8.39. The van der Waals surface area contributed by atoms with Crippen LogP contribution in [0.5, 0.6) is 0 Å². The van der Waals surface area contributed by atoms with E-state index in [0.29, 0.717) is 12.0 Å². The first-order chi connectivity index (χ1) is 10.0. The van der Waals surface area contributed by atoms with E-state index in [0.717, 1.165) is 15.5 Å². The molecule has 4 heteroatoms. The lowest BCUT2D eigenvalue weighted by atomic mass is 10.0. The highest BCUT2D eigenvalue weighted by Crippen LogP contribution is 2.38. The molecule has 2 rings (SSSR count). The Bertz CT molecular complexity index is 592. The Balaban J connectivity index is 2.29. The number of rotatable bonds is 6. The van der Waals surface area contributed by atoms with Gasteiger partial charge in [0.1, 0.15) is 0 Å². The molecule has 2 aromatic rings. The summed E-state index contributed by atoms with van der Waals surface area (Å²) in [5.41, 5.74) is 1.25. The van der Waals surface area contributed by atoms with Crippen LogP contribution in [0.25, 0.3) is 10.4 Å². The van der Waals surface area contributed by atoms with E-state index in [1.807, 2.05) is 11.3 Å². The smallest absolute Gasteiger partial charge is 0.0438 e. The van der Waals surface area contributed by atoms with Crippen LogP contribution in [0.3, 0.4) is 0 Å². The van der Waals surface area contributed by atoms with Crippen molar-refractivity contribution in [3.63, 3.8) is 0 Å². The Kier molecular flexibility index (Phi) is 6.48.